The lowest BCUT2D eigenvalue weighted by atomic mass is 9.94. The second-order valence-electron chi connectivity index (χ2n) is 8.21. The predicted molar refractivity (Wildman–Crippen MR) is 112 cm³/mol. The predicted octanol–water partition coefficient (Wildman–Crippen LogP) is 5.50. The van der Waals surface area contributed by atoms with Gasteiger partial charge in [0.15, 0.2) is 0 Å². The fraction of sp³-hybridized carbons (Fsp3) is 0.739. The minimum absolute atomic E-state index is 0.0329. The minimum Gasteiger partial charge on any atom is -0.497 e. The summed E-state index contributed by atoms with van der Waals surface area (Å²) in [7, 11) is 1.69. The third-order valence-electron chi connectivity index (χ3n) is 5.01. The number of ether oxygens (including phenoxy) is 1. The molecule has 1 unspecified atom stereocenters. The zero-order valence-electron chi connectivity index (χ0n) is 17.5. The van der Waals surface area contributed by atoms with E-state index in [9.17, 15) is 5.11 Å². The smallest absolute Gasteiger partial charge is 0.118 e. The van der Waals surface area contributed by atoms with Crippen LogP contribution < -0.4 is 10.1 Å². The molecule has 0 saturated carbocycles. The third kappa shape index (κ3) is 10.8. The van der Waals surface area contributed by atoms with E-state index in [1.807, 2.05) is 12.1 Å². The number of benzene rings is 1. The SMILES string of the molecule is CCCCCCCCCCC(O)CNC(C)(C)Cc1ccc(OC)cc1. The Bertz CT molecular complexity index is 456. The average Bonchev–Trinajstić information content (AvgIpc) is 2.62. The first-order valence-electron chi connectivity index (χ1n) is 10.5. The van der Waals surface area contributed by atoms with Gasteiger partial charge in [0, 0.05) is 12.1 Å². The zero-order chi connectivity index (χ0) is 19.3. The number of aliphatic hydroxyl groups is 1. The van der Waals surface area contributed by atoms with Gasteiger partial charge in [0.05, 0.1) is 13.2 Å². The quantitative estimate of drug-likeness (QED) is 0.404. The molecule has 0 heterocycles. The maximum Gasteiger partial charge on any atom is 0.118 e. The van der Waals surface area contributed by atoms with Crippen molar-refractivity contribution in [1.82, 2.24) is 5.32 Å². The zero-order valence-corrected chi connectivity index (χ0v) is 17.5. The van der Waals surface area contributed by atoms with Gasteiger partial charge in [-0.1, -0.05) is 70.4 Å². The van der Waals surface area contributed by atoms with E-state index >= 15 is 0 Å². The number of methoxy groups -OCH3 is 1. The Morgan fingerprint density at radius 1 is 0.962 bits per heavy atom. The Labute approximate surface area is 161 Å². The molecule has 1 aromatic carbocycles. The standard InChI is InChI=1S/C23H41NO2/c1-5-6-7-8-9-10-11-12-13-21(25)19-24-23(2,3)18-20-14-16-22(26-4)17-15-20/h14-17,21,24-25H,5-13,18-19H2,1-4H3. The van der Waals surface area contributed by atoms with Crippen LogP contribution in [-0.2, 0) is 6.42 Å². The molecule has 0 radical (unpaired) electrons. The Hall–Kier alpha value is -1.06. The highest BCUT2D eigenvalue weighted by Crippen LogP contribution is 2.17. The Morgan fingerprint density at radius 3 is 2.12 bits per heavy atom. The molecule has 0 aliphatic heterocycles. The van der Waals surface area contributed by atoms with Gasteiger partial charge in [0.25, 0.3) is 0 Å². The highest BCUT2D eigenvalue weighted by atomic mass is 16.5. The molecule has 150 valence electrons. The van der Waals surface area contributed by atoms with Crippen LogP contribution >= 0.6 is 0 Å². The monoisotopic (exact) mass is 363 g/mol. The molecule has 0 bridgehead atoms. The Morgan fingerprint density at radius 2 is 1.54 bits per heavy atom. The lowest BCUT2D eigenvalue weighted by Crippen LogP contribution is -2.45. The molecule has 1 atom stereocenters. The Balaban J connectivity index is 2.14. The van der Waals surface area contributed by atoms with Gasteiger partial charge in [0.2, 0.25) is 0 Å². The molecule has 3 nitrogen and oxygen atoms in total. The van der Waals surface area contributed by atoms with Crippen LogP contribution in [0, 0.1) is 0 Å². The molecule has 0 saturated heterocycles. The lowest BCUT2D eigenvalue weighted by Gasteiger charge is -2.28. The fourth-order valence-corrected chi connectivity index (χ4v) is 3.33. The Kier molecular flexibility index (Phi) is 11.6. The van der Waals surface area contributed by atoms with Gasteiger partial charge in [-0.05, 0) is 44.4 Å². The van der Waals surface area contributed by atoms with Gasteiger partial charge in [-0.2, -0.15) is 0 Å². The third-order valence-corrected chi connectivity index (χ3v) is 5.01. The largest absolute Gasteiger partial charge is 0.497 e. The number of aliphatic hydroxyl groups excluding tert-OH is 1. The molecular weight excluding hydrogens is 322 g/mol. The van der Waals surface area contributed by atoms with Crippen molar-refractivity contribution in [3.05, 3.63) is 29.8 Å². The first-order chi connectivity index (χ1) is 12.5. The summed E-state index contributed by atoms with van der Waals surface area (Å²) in [5.41, 5.74) is 1.25. The van der Waals surface area contributed by atoms with Crippen molar-refractivity contribution in [3.8, 4) is 5.75 Å². The highest BCUT2D eigenvalue weighted by Gasteiger charge is 2.19. The molecule has 1 aromatic rings. The van der Waals surface area contributed by atoms with Crippen LogP contribution in [0.25, 0.3) is 0 Å². The van der Waals surface area contributed by atoms with E-state index in [1.165, 1.54) is 50.5 Å². The molecule has 26 heavy (non-hydrogen) atoms. The second-order valence-corrected chi connectivity index (χ2v) is 8.21. The van der Waals surface area contributed by atoms with Crippen LogP contribution in [0.4, 0.5) is 0 Å². The second kappa shape index (κ2) is 13.2. The van der Waals surface area contributed by atoms with Crippen LogP contribution in [0.5, 0.6) is 5.75 Å². The molecule has 3 heteroatoms. The summed E-state index contributed by atoms with van der Waals surface area (Å²) in [5.74, 6) is 0.889. The van der Waals surface area contributed by atoms with E-state index in [0.29, 0.717) is 6.54 Å². The molecule has 0 aromatic heterocycles. The summed E-state index contributed by atoms with van der Waals surface area (Å²) in [6, 6.07) is 8.23. The summed E-state index contributed by atoms with van der Waals surface area (Å²) >= 11 is 0. The van der Waals surface area contributed by atoms with E-state index in [-0.39, 0.29) is 11.6 Å². The van der Waals surface area contributed by atoms with Crippen molar-refractivity contribution in [2.75, 3.05) is 13.7 Å². The minimum atomic E-state index is -0.245. The van der Waals surface area contributed by atoms with Crippen molar-refractivity contribution in [2.24, 2.45) is 0 Å². The summed E-state index contributed by atoms with van der Waals surface area (Å²) in [6.45, 7) is 7.31. The summed E-state index contributed by atoms with van der Waals surface area (Å²) in [5, 5.41) is 13.8. The molecule has 1 rings (SSSR count). The van der Waals surface area contributed by atoms with Crippen molar-refractivity contribution in [2.45, 2.75) is 96.6 Å². The van der Waals surface area contributed by atoms with Gasteiger partial charge in [0.1, 0.15) is 5.75 Å². The highest BCUT2D eigenvalue weighted by molar-refractivity contribution is 5.28. The number of hydrogen-bond acceptors (Lipinski definition) is 3. The molecular formula is C23H41NO2. The van der Waals surface area contributed by atoms with Crippen molar-refractivity contribution >= 4 is 0 Å². The first-order valence-corrected chi connectivity index (χ1v) is 10.5. The van der Waals surface area contributed by atoms with E-state index in [2.05, 4.69) is 38.2 Å². The first kappa shape index (κ1) is 23.0. The van der Waals surface area contributed by atoms with Crippen LogP contribution in [0.2, 0.25) is 0 Å². The average molecular weight is 364 g/mol. The van der Waals surface area contributed by atoms with Gasteiger partial charge < -0.3 is 15.2 Å². The molecule has 0 amide bonds. The topological polar surface area (TPSA) is 41.5 Å². The molecule has 0 spiro atoms. The van der Waals surface area contributed by atoms with Crippen molar-refractivity contribution in [3.63, 3.8) is 0 Å². The summed E-state index contributed by atoms with van der Waals surface area (Å²) in [6.07, 6.45) is 12.1. The molecule has 0 fully saturated rings. The maximum atomic E-state index is 10.2. The molecule has 0 aliphatic carbocycles. The number of unbranched alkanes of at least 4 members (excludes halogenated alkanes) is 7. The maximum absolute atomic E-state index is 10.2. The summed E-state index contributed by atoms with van der Waals surface area (Å²) < 4.78 is 5.21. The van der Waals surface area contributed by atoms with E-state index in [4.69, 9.17) is 4.74 Å². The van der Waals surface area contributed by atoms with Crippen LogP contribution in [-0.4, -0.2) is 30.4 Å². The van der Waals surface area contributed by atoms with E-state index in [1.54, 1.807) is 7.11 Å². The number of nitrogens with one attached hydrogen (secondary N) is 1. The van der Waals surface area contributed by atoms with Gasteiger partial charge in [-0.15, -0.1) is 0 Å². The molecule has 2 N–H and O–H groups in total. The van der Waals surface area contributed by atoms with Gasteiger partial charge in [-0.3, -0.25) is 0 Å². The van der Waals surface area contributed by atoms with Crippen molar-refractivity contribution in [1.29, 1.82) is 0 Å². The van der Waals surface area contributed by atoms with Crippen LogP contribution in [0.15, 0.2) is 24.3 Å². The van der Waals surface area contributed by atoms with Gasteiger partial charge in [-0.25, -0.2) is 0 Å². The van der Waals surface area contributed by atoms with E-state index < -0.39 is 0 Å². The molecule has 0 aliphatic rings. The van der Waals surface area contributed by atoms with Crippen LogP contribution in [0.1, 0.15) is 84.1 Å². The van der Waals surface area contributed by atoms with Crippen molar-refractivity contribution < 1.29 is 9.84 Å². The number of β-amino-alcohol motifs (C(OH)–C–C–N with tert-alkyl or cyclic N) is 1. The van der Waals surface area contributed by atoms with Gasteiger partial charge >= 0.3 is 0 Å². The number of rotatable bonds is 15. The number of hydrogen-bond donors (Lipinski definition) is 2. The fourth-order valence-electron chi connectivity index (χ4n) is 3.33. The van der Waals surface area contributed by atoms with Crippen LogP contribution in [0.3, 0.4) is 0 Å². The summed E-state index contributed by atoms with van der Waals surface area (Å²) in [4.78, 5) is 0. The lowest BCUT2D eigenvalue weighted by molar-refractivity contribution is 0.146. The van der Waals surface area contributed by atoms with E-state index in [0.717, 1.165) is 25.0 Å². The normalized spacial score (nSPS) is 13.0.